The van der Waals surface area contributed by atoms with Gasteiger partial charge >= 0.3 is 0 Å². The highest BCUT2D eigenvalue weighted by Crippen LogP contribution is 2.41. The molecule has 1 saturated carbocycles. The zero-order chi connectivity index (χ0) is 17.2. The summed E-state index contributed by atoms with van der Waals surface area (Å²) in [6.07, 6.45) is 2.72. The van der Waals surface area contributed by atoms with Crippen LogP contribution < -0.4 is 14.8 Å². The number of rotatable bonds is 5. The van der Waals surface area contributed by atoms with Crippen LogP contribution in [0.5, 0.6) is 11.5 Å². The van der Waals surface area contributed by atoms with Crippen molar-refractivity contribution in [2.75, 3.05) is 14.2 Å². The molecule has 2 aromatic rings. The van der Waals surface area contributed by atoms with Gasteiger partial charge in [0.05, 0.1) is 19.8 Å². The van der Waals surface area contributed by atoms with E-state index in [0.29, 0.717) is 17.1 Å². The smallest absolute Gasteiger partial charge is 0.252 e. The molecule has 2 aromatic carbocycles. The fourth-order valence-corrected chi connectivity index (χ4v) is 3.05. The maximum atomic E-state index is 13.2. The van der Waals surface area contributed by atoms with Gasteiger partial charge in [0.25, 0.3) is 5.91 Å². The standard InChI is InChI=1S/C19H20FNO3/c1-23-16-9-4-13(12-17(16)24-2)18(22)21-19(10-3-11-19)14-5-7-15(20)8-6-14/h4-9,12H,3,10-11H2,1-2H3,(H,21,22). The molecule has 0 aromatic heterocycles. The van der Waals surface area contributed by atoms with Crippen molar-refractivity contribution >= 4 is 5.91 Å². The van der Waals surface area contributed by atoms with Crippen molar-refractivity contribution in [2.24, 2.45) is 0 Å². The van der Waals surface area contributed by atoms with Crippen LogP contribution in [0.2, 0.25) is 0 Å². The first kappa shape index (κ1) is 16.3. The molecule has 0 heterocycles. The van der Waals surface area contributed by atoms with Crippen molar-refractivity contribution in [1.29, 1.82) is 0 Å². The Morgan fingerprint density at radius 2 is 1.71 bits per heavy atom. The highest BCUT2D eigenvalue weighted by atomic mass is 19.1. The Morgan fingerprint density at radius 1 is 1.04 bits per heavy atom. The number of nitrogens with one attached hydrogen (secondary N) is 1. The van der Waals surface area contributed by atoms with Gasteiger partial charge < -0.3 is 14.8 Å². The van der Waals surface area contributed by atoms with Gasteiger partial charge in [-0.2, -0.15) is 0 Å². The van der Waals surface area contributed by atoms with Crippen molar-refractivity contribution < 1.29 is 18.7 Å². The van der Waals surface area contributed by atoms with E-state index in [0.717, 1.165) is 24.8 Å². The van der Waals surface area contributed by atoms with E-state index in [1.807, 2.05) is 0 Å². The summed E-state index contributed by atoms with van der Waals surface area (Å²) in [5.74, 6) is 0.625. The van der Waals surface area contributed by atoms with Crippen LogP contribution in [0, 0.1) is 5.82 Å². The van der Waals surface area contributed by atoms with Gasteiger partial charge in [-0.25, -0.2) is 4.39 Å². The lowest BCUT2D eigenvalue weighted by molar-refractivity contribution is 0.0823. The molecule has 0 atom stereocenters. The Hall–Kier alpha value is -2.56. The summed E-state index contributed by atoms with van der Waals surface area (Å²) in [6, 6.07) is 11.4. The average Bonchev–Trinajstić information content (AvgIpc) is 2.58. The third-order valence-electron chi connectivity index (χ3n) is 4.60. The summed E-state index contributed by atoms with van der Waals surface area (Å²) in [7, 11) is 3.08. The first-order valence-corrected chi connectivity index (χ1v) is 7.88. The van der Waals surface area contributed by atoms with E-state index in [2.05, 4.69) is 5.32 Å². The highest BCUT2D eigenvalue weighted by molar-refractivity contribution is 5.95. The predicted octanol–water partition coefficient (Wildman–Crippen LogP) is 3.65. The first-order valence-electron chi connectivity index (χ1n) is 7.88. The highest BCUT2D eigenvalue weighted by Gasteiger charge is 2.40. The summed E-state index contributed by atoms with van der Waals surface area (Å²) in [4.78, 5) is 12.7. The molecule has 0 spiro atoms. The molecule has 0 aliphatic heterocycles. The van der Waals surface area contributed by atoms with Crippen LogP contribution >= 0.6 is 0 Å². The molecule has 4 nitrogen and oxygen atoms in total. The van der Waals surface area contributed by atoms with Crippen molar-refractivity contribution in [3.8, 4) is 11.5 Å². The van der Waals surface area contributed by atoms with Crippen molar-refractivity contribution in [3.63, 3.8) is 0 Å². The molecule has 1 aliphatic rings. The molecule has 0 saturated heterocycles. The van der Waals surface area contributed by atoms with Gasteiger partial charge in [-0.05, 0) is 55.2 Å². The quantitative estimate of drug-likeness (QED) is 0.911. The maximum absolute atomic E-state index is 13.2. The molecule has 126 valence electrons. The molecule has 3 rings (SSSR count). The lowest BCUT2D eigenvalue weighted by atomic mass is 9.71. The van der Waals surface area contributed by atoms with Crippen LogP contribution in [0.3, 0.4) is 0 Å². The zero-order valence-corrected chi connectivity index (χ0v) is 13.8. The number of hydrogen-bond acceptors (Lipinski definition) is 3. The van der Waals surface area contributed by atoms with Crippen molar-refractivity contribution in [1.82, 2.24) is 5.32 Å². The molecular weight excluding hydrogens is 309 g/mol. The van der Waals surface area contributed by atoms with E-state index in [4.69, 9.17) is 9.47 Å². The van der Waals surface area contributed by atoms with E-state index in [1.54, 1.807) is 37.4 Å². The first-order chi connectivity index (χ1) is 11.6. The SMILES string of the molecule is COc1ccc(C(=O)NC2(c3ccc(F)cc3)CCC2)cc1OC. The van der Waals surface area contributed by atoms with Crippen molar-refractivity contribution in [2.45, 2.75) is 24.8 Å². The molecule has 0 bridgehead atoms. The summed E-state index contributed by atoms with van der Waals surface area (Å²) < 4.78 is 23.6. The Bertz CT molecular complexity index is 739. The maximum Gasteiger partial charge on any atom is 0.252 e. The van der Waals surface area contributed by atoms with Crippen LogP contribution in [0.1, 0.15) is 35.2 Å². The van der Waals surface area contributed by atoms with E-state index in [1.165, 1.54) is 19.2 Å². The Kier molecular flexibility index (Phi) is 4.42. The topological polar surface area (TPSA) is 47.6 Å². The van der Waals surface area contributed by atoms with Crippen molar-refractivity contribution in [3.05, 3.63) is 59.4 Å². The van der Waals surface area contributed by atoms with Gasteiger partial charge in [-0.1, -0.05) is 12.1 Å². The average molecular weight is 329 g/mol. The zero-order valence-electron chi connectivity index (χ0n) is 13.8. The Labute approximate surface area is 140 Å². The minimum absolute atomic E-state index is 0.181. The lowest BCUT2D eigenvalue weighted by Crippen LogP contribution is -2.50. The van der Waals surface area contributed by atoms with E-state index in [-0.39, 0.29) is 11.7 Å². The fraction of sp³-hybridized carbons (Fsp3) is 0.316. The fourth-order valence-electron chi connectivity index (χ4n) is 3.05. The van der Waals surface area contributed by atoms with Crippen LogP contribution in [0.25, 0.3) is 0 Å². The van der Waals surface area contributed by atoms with Gasteiger partial charge in [0.2, 0.25) is 0 Å². The monoisotopic (exact) mass is 329 g/mol. The number of ether oxygens (including phenoxy) is 2. The molecule has 24 heavy (non-hydrogen) atoms. The third-order valence-corrected chi connectivity index (χ3v) is 4.60. The summed E-state index contributed by atoms with van der Waals surface area (Å²) >= 11 is 0. The number of benzene rings is 2. The minimum Gasteiger partial charge on any atom is -0.493 e. The number of methoxy groups -OCH3 is 2. The number of hydrogen-bond donors (Lipinski definition) is 1. The second-order valence-corrected chi connectivity index (χ2v) is 5.97. The van der Waals surface area contributed by atoms with E-state index in [9.17, 15) is 9.18 Å². The Balaban J connectivity index is 1.84. The molecule has 1 aliphatic carbocycles. The normalized spacial score (nSPS) is 15.3. The van der Waals surface area contributed by atoms with Crippen LogP contribution in [-0.4, -0.2) is 20.1 Å². The van der Waals surface area contributed by atoms with E-state index < -0.39 is 5.54 Å². The number of halogens is 1. The van der Waals surface area contributed by atoms with Gasteiger partial charge in [0.15, 0.2) is 11.5 Å². The summed E-state index contributed by atoms with van der Waals surface area (Å²) in [5, 5.41) is 3.11. The molecule has 1 fully saturated rings. The molecule has 5 heteroatoms. The molecular formula is C19H20FNO3. The minimum atomic E-state index is -0.419. The molecule has 0 radical (unpaired) electrons. The Morgan fingerprint density at radius 3 is 2.25 bits per heavy atom. The number of carbonyl (C=O) groups excluding carboxylic acids is 1. The van der Waals surface area contributed by atoms with E-state index >= 15 is 0 Å². The van der Waals surface area contributed by atoms with Gasteiger partial charge in [0.1, 0.15) is 5.82 Å². The molecule has 1 amide bonds. The molecule has 1 N–H and O–H groups in total. The number of carbonyl (C=O) groups is 1. The van der Waals surface area contributed by atoms with Crippen LogP contribution in [-0.2, 0) is 5.54 Å². The number of amides is 1. The largest absolute Gasteiger partial charge is 0.493 e. The molecule has 0 unspecified atom stereocenters. The van der Waals surface area contributed by atoms with Gasteiger partial charge in [0, 0.05) is 5.56 Å². The summed E-state index contributed by atoms with van der Waals surface area (Å²) in [5.41, 5.74) is 1.02. The third kappa shape index (κ3) is 2.94. The van der Waals surface area contributed by atoms with Crippen LogP contribution in [0.15, 0.2) is 42.5 Å². The van der Waals surface area contributed by atoms with Gasteiger partial charge in [-0.15, -0.1) is 0 Å². The summed E-state index contributed by atoms with van der Waals surface area (Å²) in [6.45, 7) is 0. The second kappa shape index (κ2) is 6.51. The van der Waals surface area contributed by atoms with Gasteiger partial charge in [-0.3, -0.25) is 4.79 Å². The lowest BCUT2D eigenvalue weighted by Gasteiger charge is -2.43. The van der Waals surface area contributed by atoms with Crippen LogP contribution in [0.4, 0.5) is 4.39 Å². The second-order valence-electron chi connectivity index (χ2n) is 5.97. The predicted molar refractivity (Wildman–Crippen MR) is 88.9 cm³/mol.